The van der Waals surface area contributed by atoms with Gasteiger partial charge in [-0.25, -0.2) is 14.4 Å². The summed E-state index contributed by atoms with van der Waals surface area (Å²) in [5.74, 6) is -0.916. The summed E-state index contributed by atoms with van der Waals surface area (Å²) in [6.45, 7) is 6.27. The molecular weight excluding hydrogens is 731 g/mol. The Morgan fingerprint density at radius 3 is 2.40 bits per heavy atom. The second-order valence-electron chi connectivity index (χ2n) is 16.3. The number of carbonyl (C=O) groups is 4. The van der Waals surface area contributed by atoms with Gasteiger partial charge in [0, 0.05) is 70.5 Å². The number of rotatable bonds is 11. The van der Waals surface area contributed by atoms with Gasteiger partial charge in [-0.2, -0.15) is 0 Å². The summed E-state index contributed by atoms with van der Waals surface area (Å²) >= 11 is 0. The molecule has 15 nitrogen and oxygen atoms in total. The van der Waals surface area contributed by atoms with Gasteiger partial charge in [0.05, 0.1) is 12.1 Å². The number of likely N-dealkylation sites (tertiary alicyclic amines) is 3. The van der Waals surface area contributed by atoms with E-state index in [-0.39, 0.29) is 42.5 Å². The van der Waals surface area contributed by atoms with Gasteiger partial charge in [-0.3, -0.25) is 19.1 Å². The number of nitrogens with zero attached hydrogens (tertiary/aromatic N) is 6. The molecule has 3 fully saturated rings. The molecule has 1 aromatic heterocycles. The van der Waals surface area contributed by atoms with Crippen molar-refractivity contribution in [2.75, 3.05) is 71.8 Å². The number of amides is 4. The number of piperidine rings is 2. The highest BCUT2D eigenvalue weighted by Crippen LogP contribution is 2.29. The lowest BCUT2D eigenvalue weighted by atomic mass is 9.99. The molecule has 15 heteroatoms. The van der Waals surface area contributed by atoms with Crippen LogP contribution in [-0.4, -0.2) is 144 Å². The van der Waals surface area contributed by atoms with Crippen LogP contribution in [-0.2, 0) is 39.0 Å². The number of anilines is 1. The van der Waals surface area contributed by atoms with Crippen LogP contribution in [0.5, 0.6) is 0 Å². The molecule has 0 radical (unpaired) electrons. The minimum atomic E-state index is -1.11. The zero-order valence-corrected chi connectivity index (χ0v) is 33.7. The number of hydrogen-bond acceptors (Lipinski definition) is 10. The molecule has 0 unspecified atom stereocenters. The third-order valence-corrected chi connectivity index (χ3v) is 12.2. The number of nitrogens with one attached hydrogen (secondary N) is 1. The molecule has 4 aliphatic heterocycles. The molecule has 4 aliphatic rings. The summed E-state index contributed by atoms with van der Waals surface area (Å²) in [6, 6.07) is 11.2. The molecule has 4 amide bonds. The molecule has 0 spiro atoms. The van der Waals surface area contributed by atoms with E-state index in [2.05, 4.69) is 15.1 Å². The van der Waals surface area contributed by atoms with Crippen molar-refractivity contribution in [1.82, 2.24) is 29.1 Å². The van der Waals surface area contributed by atoms with E-state index in [9.17, 15) is 24.0 Å². The van der Waals surface area contributed by atoms with Gasteiger partial charge in [-0.05, 0) is 108 Å². The molecule has 3 saturated heterocycles. The van der Waals surface area contributed by atoms with Crippen molar-refractivity contribution in [2.45, 2.75) is 88.9 Å². The van der Waals surface area contributed by atoms with Gasteiger partial charge < -0.3 is 38.8 Å². The molecule has 3 aromatic rings. The number of urea groups is 1. The number of fused-ring (bicyclic) bond motifs is 2. The van der Waals surface area contributed by atoms with Gasteiger partial charge in [0.15, 0.2) is 11.7 Å². The SMILES string of the molecule is Cc1cc(C[C@@H](OC(=O)N2CCC(N3CCc4ccccc4NC3=O)CC2)C(=O)N2CCC(N3CCC[C@@H]3C(=O)OCCCN(C)C)CC2)cc2oc(=O)n(C)c12. The number of benzene rings is 2. The van der Waals surface area contributed by atoms with E-state index in [1.807, 2.05) is 56.3 Å². The maximum absolute atomic E-state index is 14.4. The van der Waals surface area contributed by atoms with Gasteiger partial charge in [0.1, 0.15) is 6.04 Å². The Hall–Kier alpha value is -4.89. The zero-order chi connectivity index (χ0) is 40.2. The van der Waals surface area contributed by atoms with Gasteiger partial charge >= 0.3 is 23.8 Å². The molecule has 0 bridgehead atoms. The average molecular weight is 788 g/mol. The van der Waals surface area contributed by atoms with Crippen molar-refractivity contribution in [3.8, 4) is 0 Å². The smallest absolute Gasteiger partial charge is 0.419 e. The first kappa shape index (κ1) is 40.3. The van der Waals surface area contributed by atoms with Crippen molar-refractivity contribution in [3.05, 3.63) is 63.6 Å². The highest BCUT2D eigenvalue weighted by atomic mass is 16.6. The Bertz CT molecular complexity index is 1990. The molecule has 2 aromatic carbocycles. The fourth-order valence-corrected chi connectivity index (χ4v) is 9.14. The first-order valence-corrected chi connectivity index (χ1v) is 20.5. The van der Waals surface area contributed by atoms with Crippen molar-refractivity contribution >= 4 is 40.8 Å². The fourth-order valence-electron chi connectivity index (χ4n) is 9.14. The normalized spacial score (nSPS) is 20.4. The Kier molecular flexibility index (Phi) is 12.5. The zero-order valence-electron chi connectivity index (χ0n) is 33.7. The number of aromatic nitrogens is 1. The van der Waals surface area contributed by atoms with Gasteiger partial charge in [-0.15, -0.1) is 0 Å². The van der Waals surface area contributed by atoms with Crippen LogP contribution >= 0.6 is 0 Å². The summed E-state index contributed by atoms with van der Waals surface area (Å²) in [6.07, 6.45) is 4.24. The van der Waals surface area contributed by atoms with Gasteiger partial charge in [-0.1, -0.05) is 24.3 Å². The van der Waals surface area contributed by atoms with Crippen LogP contribution in [0.1, 0.15) is 61.6 Å². The quantitative estimate of drug-likeness (QED) is 0.223. The first-order chi connectivity index (χ1) is 27.5. The van der Waals surface area contributed by atoms with Crippen LogP contribution in [0.25, 0.3) is 11.1 Å². The lowest BCUT2D eigenvalue weighted by molar-refractivity contribution is -0.151. The molecule has 0 aliphatic carbocycles. The number of para-hydroxylation sites is 1. The highest BCUT2D eigenvalue weighted by molar-refractivity contribution is 5.91. The van der Waals surface area contributed by atoms with Crippen LogP contribution in [0.2, 0.25) is 0 Å². The van der Waals surface area contributed by atoms with E-state index in [0.29, 0.717) is 81.7 Å². The summed E-state index contributed by atoms with van der Waals surface area (Å²) in [5, 5.41) is 3.04. The maximum atomic E-state index is 14.4. The maximum Gasteiger partial charge on any atom is 0.419 e. The second kappa shape index (κ2) is 17.7. The third kappa shape index (κ3) is 9.14. The average Bonchev–Trinajstić information content (AvgIpc) is 3.76. The minimum Gasteiger partial charge on any atom is -0.464 e. The Labute approximate surface area is 333 Å². The number of hydrogen-bond donors (Lipinski definition) is 1. The Morgan fingerprint density at radius 1 is 0.930 bits per heavy atom. The summed E-state index contributed by atoms with van der Waals surface area (Å²) in [5.41, 5.74) is 4.55. The summed E-state index contributed by atoms with van der Waals surface area (Å²) in [7, 11) is 5.65. The predicted octanol–water partition coefficient (Wildman–Crippen LogP) is 3.99. The topological polar surface area (TPSA) is 150 Å². The van der Waals surface area contributed by atoms with Crippen LogP contribution in [0.4, 0.5) is 15.3 Å². The molecule has 308 valence electrons. The van der Waals surface area contributed by atoms with E-state index in [4.69, 9.17) is 13.9 Å². The Balaban J connectivity index is 0.996. The standard InChI is InChI=1S/C42H57N7O8/c1-28-25-29(26-35-37(28)45(4)41(53)56-35)27-36(38(50)46-19-13-31(14-20-46)48-18-7-11-34(48)39(51)55-24-8-17-44(2)3)57-42(54)47-21-15-32(16-22-47)49-23-12-30-9-5-6-10-33(30)43-40(49)52/h5-6,9-10,25-26,31-32,34,36H,7-8,11-24,27H2,1-4H3,(H,43,52)/t34-,36-/m1/s1. The van der Waals surface area contributed by atoms with E-state index < -0.39 is 18.0 Å². The largest absolute Gasteiger partial charge is 0.464 e. The van der Waals surface area contributed by atoms with Crippen molar-refractivity contribution in [1.29, 1.82) is 0 Å². The van der Waals surface area contributed by atoms with E-state index in [1.54, 1.807) is 22.9 Å². The number of ether oxygens (including phenoxy) is 2. The fraction of sp³-hybridized carbons (Fsp3) is 0.595. The lowest BCUT2D eigenvalue weighted by Crippen LogP contribution is -2.53. The number of esters is 1. The monoisotopic (exact) mass is 787 g/mol. The molecule has 0 saturated carbocycles. The molecular formula is C42H57N7O8. The van der Waals surface area contributed by atoms with Crippen LogP contribution < -0.4 is 11.1 Å². The van der Waals surface area contributed by atoms with Crippen molar-refractivity contribution in [2.24, 2.45) is 7.05 Å². The van der Waals surface area contributed by atoms with Crippen LogP contribution in [0, 0.1) is 6.92 Å². The molecule has 1 N–H and O–H groups in total. The van der Waals surface area contributed by atoms with Crippen LogP contribution in [0.15, 0.2) is 45.6 Å². The van der Waals surface area contributed by atoms with E-state index in [1.165, 1.54) is 4.57 Å². The summed E-state index contributed by atoms with van der Waals surface area (Å²) in [4.78, 5) is 76.4. The molecule has 2 atom stereocenters. The second-order valence-corrected chi connectivity index (χ2v) is 16.3. The summed E-state index contributed by atoms with van der Waals surface area (Å²) < 4.78 is 18.7. The molecule has 57 heavy (non-hydrogen) atoms. The highest BCUT2D eigenvalue weighted by Gasteiger charge is 2.40. The Morgan fingerprint density at radius 2 is 1.65 bits per heavy atom. The molecule has 7 rings (SSSR count). The van der Waals surface area contributed by atoms with Crippen LogP contribution in [0.3, 0.4) is 0 Å². The van der Waals surface area contributed by atoms with E-state index in [0.717, 1.165) is 55.6 Å². The number of aryl methyl sites for hydroxylation is 2. The van der Waals surface area contributed by atoms with Gasteiger partial charge in [0.2, 0.25) is 0 Å². The van der Waals surface area contributed by atoms with Crippen molar-refractivity contribution < 1.29 is 33.1 Å². The van der Waals surface area contributed by atoms with Gasteiger partial charge in [0.25, 0.3) is 5.91 Å². The van der Waals surface area contributed by atoms with E-state index >= 15 is 0 Å². The number of oxazole rings is 1. The van der Waals surface area contributed by atoms with Crippen molar-refractivity contribution in [3.63, 3.8) is 0 Å². The lowest BCUT2D eigenvalue weighted by Gasteiger charge is -2.40. The third-order valence-electron chi connectivity index (χ3n) is 12.2. The minimum absolute atomic E-state index is 0.0301. The first-order valence-electron chi connectivity index (χ1n) is 20.5. The number of carbonyl (C=O) groups excluding carboxylic acids is 4. The predicted molar refractivity (Wildman–Crippen MR) is 214 cm³/mol. The molecule has 5 heterocycles.